The van der Waals surface area contributed by atoms with Crippen molar-refractivity contribution >= 4 is 68.1 Å². The largest absolute Gasteiger partial charge is 0.483 e. The Bertz CT molecular complexity index is 1490. The van der Waals surface area contributed by atoms with E-state index in [0.29, 0.717) is 43.6 Å². The zero-order valence-corrected chi connectivity index (χ0v) is 23.1. The second-order valence-corrected chi connectivity index (χ2v) is 10.7. The Balaban J connectivity index is 1.23. The first-order chi connectivity index (χ1) is 18.3. The highest BCUT2D eigenvalue weighted by Crippen LogP contribution is 2.39. The van der Waals surface area contributed by atoms with E-state index in [1.54, 1.807) is 42.5 Å². The van der Waals surface area contributed by atoms with E-state index in [1.165, 1.54) is 0 Å². The standard InChI is InChI=1S/C27H20BrClN2O6S/c1-15-3-2-4-18(7-15)30-25(32)13-35-21-6-5-16(8-19(21)28)9-24-26(33)31(27(34)38-24)12-17-10-22-23(11-20(17)29)37-14-36-22/h2-11H,12-14H2,1H3,(H,30,32)/b24-9-. The van der Waals surface area contributed by atoms with Gasteiger partial charge < -0.3 is 19.5 Å². The molecule has 0 spiro atoms. The lowest BCUT2D eigenvalue weighted by atomic mass is 10.1. The van der Waals surface area contributed by atoms with Gasteiger partial charge in [-0.25, -0.2) is 0 Å². The number of carbonyl (C=O) groups excluding carboxylic acids is 3. The third kappa shape index (κ3) is 5.82. The SMILES string of the molecule is Cc1cccc(NC(=O)COc2ccc(/C=C3\SC(=O)N(Cc4cc5c(cc4Cl)OCO5)C3=O)cc2Br)c1. The number of halogens is 2. The molecule has 0 atom stereocenters. The molecule has 8 nitrogen and oxygen atoms in total. The van der Waals surface area contributed by atoms with Gasteiger partial charge in [0.2, 0.25) is 6.79 Å². The van der Waals surface area contributed by atoms with Gasteiger partial charge in [-0.05, 0) is 87.7 Å². The van der Waals surface area contributed by atoms with Gasteiger partial charge in [-0.2, -0.15) is 0 Å². The molecule has 2 aliphatic rings. The number of imide groups is 1. The molecule has 1 N–H and O–H groups in total. The van der Waals surface area contributed by atoms with Crippen molar-refractivity contribution in [1.29, 1.82) is 0 Å². The van der Waals surface area contributed by atoms with Gasteiger partial charge >= 0.3 is 0 Å². The maximum Gasteiger partial charge on any atom is 0.293 e. The van der Waals surface area contributed by atoms with Crippen molar-refractivity contribution in [2.45, 2.75) is 13.5 Å². The number of hydrogen-bond donors (Lipinski definition) is 1. The van der Waals surface area contributed by atoms with E-state index in [0.717, 1.165) is 22.2 Å². The molecule has 5 rings (SSSR count). The third-order valence-electron chi connectivity index (χ3n) is 5.66. The smallest absolute Gasteiger partial charge is 0.293 e. The lowest BCUT2D eigenvalue weighted by Gasteiger charge is -2.14. The molecule has 11 heteroatoms. The summed E-state index contributed by atoms with van der Waals surface area (Å²) in [4.78, 5) is 39.3. The van der Waals surface area contributed by atoms with Crippen molar-refractivity contribution in [3.63, 3.8) is 0 Å². The van der Waals surface area contributed by atoms with Crippen LogP contribution < -0.4 is 19.5 Å². The minimum absolute atomic E-state index is 0.0125. The summed E-state index contributed by atoms with van der Waals surface area (Å²) < 4.78 is 16.9. The summed E-state index contributed by atoms with van der Waals surface area (Å²) in [6.45, 7) is 1.88. The molecule has 194 valence electrons. The van der Waals surface area contributed by atoms with Crippen molar-refractivity contribution in [1.82, 2.24) is 4.90 Å². The van der Waals surface area contributed by atoms with Crippen LogP contribution in [0.5, 0.6) is 17.2 Å². The Labute approximate surface area is 236 Å². The van der Waals surface area contributed by atoms with E-state index < -0.39 is 11.1 Å². The molecule has 2 heterocycles. The first kappa shape index (κ1) is 26.1. The predicted molar refractivity (Wildman–Crippen MR) is 149 cm³/mol. The molecule has 0 unspecified atom stereocenters. The molecule has 3 aromatic carbocycles. The molecule has 0 radical (unpaired) electrons. The quantitative estimate of drug-likeness (QED) is 0.308. The van der Waals surface area contributed by atoms with Crippen molar-refractivity contribution in [2.75, 3.05) is 18.7 Å². The Hall–Kier alpha value is -3.47. The summed E-state index contributed by atoms with van der Waals surface area (Å²) in [6.07, 6.45) is 1.63. The summed E-state index contributed by atoms with van der Waals surface area (Å²) in [6, 6.07) is 15.9. The molecule has 0 aliphatic carbocycles. The predicted octanol–water partition coefficient (Wildman–Crippen LogP) is 6.39. The maximum absolute atomic E-state index is 13.0. The molecule has 0 aromatic heterocycles. The van der Waals surface area contributed by atoms with Crippen molar-refractivity contribution in [2.24, 2.45) is 0 Å². The number of carbonyl (C=O) groups is 3. The van der Waals surface area contributed by atoms with Crippen molar-refractivity contribution in [3.8, 4) is 17.2 Å². The van der Waals surface area contributed by atoms with Crippen LogP contribution in [0.1, 0.15) is 16.7 Å². The van der Waals surface area contributed by atoms with Crippen LogP contribution in [0.4, 0.5) is 10.5 Å². The second kappa shape index (κ2) is 11.1. The molecule has 1 fully saturated rings. The highest BCUT2D eigenvalue weighted by atomic mass is 79.9. The molecule has 3 amide bonds. The van der Waals surface area contributed by atoms with E-state index >= 15 is 0 Å². The van der Waals surface area contributed by atoms with E-state index in [4.69, 9.17) is 25.8 Å². The molecule has 0 bridgehead atoms. The van der Waals surface area contributed by atoms with E-state index in [1.807, 2.05) is 25.1 Å². The maximum atomic E-state index is 13.0. The molecule has 38 heavy (non-hydrogen) atoms. The van der Waals surface area contributed by atoms with E-state index in [2.05, 4.69) is 21.2 Å². The van der Waals surface area contributed by atoms with Crippen molar-refractivity contribution < 1.29 is 28.6 Å². The van der Waals surface area contributed by atoms with Gasteiger partial charge in [-0.1, -0.05) is 29.8 Å². The van der Waals surface area contributed by atoms with Gasteiger partial charge in [0, 0.05) is 16.8 Å². The summed E-state index contributed by atoms with van der Waals surface area (Å²) in [5, 5.41) is 2.78. The first-order valence-electron chi connectivity index (χ1n) is 11.4. The van der Waals surface area contributed by atoms with Crippen LogP contribution >= 0.6 is 39.3 Å². The van der Waals surface area contributed by atoms with Crippen LogP contribution in [-0.2, 0) is 16.1 Å². The number of nitrogens with one attached hydrogen (secondary N) is 1. The Kier molecular flexibility index (Phi) is 7.64. The highest BCUT2D eigenvalue weighted by Gasteiger charge is 2.35. The van der Waals surface area contributed by atoms with Crippen LogP contribution in [-0.4, -0.2) is 35.4 Å². The first-order valence-corrected chi connectivity index (χ1v) is 13.4. The average Bonchev–Trinajstić information content (AvgIpc) is 3.42. The topological polar surface area (TPSA) is 94.2 Å². The number of amides is 3. The Morgan fingerprint density at radius 1 is 1.16 bits per heavy atom. The summed E-state index contributed by atoms with van der Waals surface area (Å²) in [7, 11) is 0. The lowest BCUT2D eigenvalue weighted by molar-refractivity contribution is -0.123. The molecule has 0 saturated carbocycles. The van der Waals surface area contributed by atoms with E-state index in [9.17, 15) is 14.4 Å². The minimum Gasteiger partial charge on any atom is -0.483 e. The molecule has 2 aliphatic heterocycles. The number of thioether (sulfide) groups is 1. The van der Waals surface area contributed by atoms with Crippen LogP contribution in [0.2, 0.25) is 5.02 Å². The fourth-order valence-electron chi connectivity index (χ4n) is 3.83. The third-order valence-corrected chi connectivity index (χ3v) is 7.54. The van der Waals surface area contributed by atoms with Gasteiger partial charge in [0.1, 0.15) is 5.75 Å². The number of aryl methyl sites for hydroxylation is 1. The second-order valence-electron chi connectivity index (χ2n) is 8.46. The Morgan fingerprint density at radius 2 is 1.95 bits per heavy atom. The fourth-order valence-corrected chi connectivity index (χ4v) is 5.39. The average molecular weight is 616 g/mol. The zero-order valence-electron chi connectivity index (χ0n) is 20.0. The normalized spacial score (nSPS) is 15.3. The zero-order chi connectivity index (χ0) is 26.8. The van der Waals surface area contributed by atoms with Gasteiger partial charge in [0.15, 0.2) is 18.1 Å². The number of fused-ring (bicyclic) bond motifs is 1. The molecular formula is C27H20BrClN2O6S. The lowest BCUT2D eigenvalue weighted by Crippen LogP contribution is -2.27. The summed E-state index contributed by atoms with van der Waals surface area (Å²) >= 11 is 10.6. The van der Waals surface area contributed by atoms with Gasteiger partial charge in [0.25, 0.3) is 17.1 Å². The molecule has 3 aromatic rings. The summed E-state index contributed by atoms with van der Waals surface area (Å²) in [5.41, 5.74) is 2.99. The van der Waals surface area contributed by atoms with Crippen LogP contribution in [0.3, 0.4) is 0 Å². The monoisotopic (exact) mass is 614 g/mol. The molecular weight excluding hydrogens is 596 g/mol. The fraction of sp³-hybridized carbons (Fsp3) is 0.148. The van der Waals surface area contributed by atoms with E-state index in [-0.39, 0.29) is 30.8 Å². The number of benzene rings is 3. The number of rotatable bonds is 7. The number of anilines is 1. The number of nitrogens with zero attached hydrogens (tertiary/aromatic N) is 1. The number of hydrogen-bond acceptors (Lipinski definition) is 7. The minimum atomic E-state index is -0.419. The molecule has 1 saturated heterocycles. The van der Waals surface area contributed by atoms with Crippen LogP contribution in [0, 0.1) is 6.92 Å². The van der Waals surface area contributed by atoms with Crippen LogP contribution in [0.15, 0.2) is 64.0 Å². The van der Waals surface area contributed by atoms with Gasteiger partial charge in [-0.3, -0.25) is 19.3 Å². The highest BCUT2D eigenvalue weighted by molar-refractivity contribution is 9.10. The van der Waals surface area contributed by atoms with Gasteiger partial charge in [0.05, 0.1) is 15.9 Å². The van der Waals surface area contributed by atoms with Crippen molar-refractivity contribution in [3.05, 3.63) is 85.7 Å². The summed E-state index contributed by atoms with van der Waals surface area (Å²) in [5.74, 6) is 0.803. The van der Waals surface area contributed by atoms with Gasteiger partial charge in [-0.15, -0.1) is 0 Å². The van der Waals surface area contributed by atoms with Crippen LogP contribution in [0.25, 0.3) is 6.08 Å². The number of ether oxygens (including phenoxy) is 3. The Morgan fingerprint density at radius 3 is 2.71 bits per heavy atom.